The zero-order valence-corrected chi connectivity index (χ0v) is 11.0. The van der Waals surface area contributed by atoms with E-state index in [4.69, 9.17) is 13.9 Å². The summed E-state index contributed by atoms with van der Waals surface area (Å²) in [5, 5.41) is 8.54. The summed E-state index contributed by atoms with van der Waals surface area (Å²) in [6.07, 6.45) is 4.13. The molecule has 7 heteroatoms. The van der Waals surface area contributed by atoms with Gasteiger partial charge < -0.3 is 13.9 Å². The van der Waals surface area contributed by atoms with E-state index in [1.165, 1.54) is 11.8 Å². The number of rotatable bonds is 5. The van der Waals surface area contributed by atoms with E-state index < -0.39 is 0 Å². The highest BCUT2D eigenvalue weighted by molar-refractivity contribution is 7.99. The molecule has 1 aliphatic heterocycles. The molecule has 0 bridgehead atoms. The van der Waals surface area contributed by atoms with Gasteiger partial charge in [-0.2, -0.15) is 0 Å². The molecule has 0 amide bonds. The maximum absolute atomic E-state index is 5.55. The van der Waals surface area contributed by atoms with Crippen molar-refractivity contribution in [3.05, 3.63) is 24.5 Å². The number of ether oxygens (including phenoxy) is 2. The first-order valence-corrected chi connectivity index (χ1v) is 7.00. The van der Waals surface area contributed by atoms with Gasteiger partial charge in [-0.3, -0.25) is 4.98 Å². The van der Waals surface area contributed by atoms with Crippen LogP contribution in [0.25, 0.3) is 11.5 Å². The summed E-state index contributed by atoms with van der Waals surface area (Å²) in [6.45, 7) is 1.36. The van der Waals surface area contributed by atoms with Crippen LogP contribution in [0.4, 0.5) is 0 Å². The van der Waals surface area contributed by atoms with Crippen LogP contribution in [0.2, 0.25) is 0 Å². The Morgan fingerprint density at radius 2 is 2.16 bits per heavy atom. The summed E-state index contributed by atoms with van der Waals surface area (Å²) in [6, 6.07) is 3.72. The maximum Gasteiger partial charge on any atom is 0.276 e. The zero-order chi connectivity index (χ0) is 12.9. The van der Waals surface area contributed by atoms with Crippen molar-refractivity contribution >= 4 is 11.8 Å². The van der Waals surface area contributed by atoms with Gasteiger partial charge in [0, 0.05) is 24.6 Å². The molecule has 3 rings (SSSR count). The Morgan fingerprint density at radius 1 is 1.26 bits per heavy atom. The lowest BCUT2D eigenvalue weighted by Gasteiger charge is -2.06. The average molecular weight is 279 g/mol. The summed E-state index contributed by atoms with van der Waals surface area (Å²) in [4.78, 5) is 4.02. The molecule has 1 fully saturated rings. The number of nitrogens with zero attached hydrogens (tertiary/aromatic N) is 3. The molecular weight excluding hydrogens is 266 g/mol. The first kappa shape index (κ1) is 12.6. The maximum atomic E-state index is 5.55. The van der Waals surface area contributed by atoms with Crippen LogP contribution in [0.3, 0.4) is 0 Å². The molecule has 0 atom stereocenters. The standard InChI is InChI=1S/C12H13N3O3S/c1-2-9(8-13-4-1)11-14-15-12(18-11)19-7-3-10-16-5-6-17-10/h1-2,4,8,10H,3,5-7H2. The van der Waals surface area contributed by atoms with Crippen molar-refractivity contribution in [2.75, 3.05) is 19.0 Å². The van der Waals surface area contributed by atoms with Gasteiger partial charge in [-0.1, -0.05) is 11.8 Å². The third kappa shape index (κ3) is 3.31. The van der Waals surface area contributed by atoms with Crippen molar-refractivity contribution in [3.8, 4) is 11.5 Å². The van der Waals surface area contributed by atoms with Crippen LogP contribution >= 0.6 is 11.8 Å². The third-order valence-corrected chi connectivity index (χ3v) is 3.44. The fraction of sp³-hybridized carbons (Fsp3) is 0.417. The van der Waals surface area contributed by atoms with Crippen molar-refractivity contribution in [1.82, 2.24) is 15.2 Å². The molecule has 0 unspecified atom stereocenters. The molecule has 1 aliphatic rings. The normalized spacial score (nSPS) is 16.0. The van der Waals surface area contributed by atoms with Gasteiger partial charge in [0.05, 0.1) is 18.8 Å². The van der Waals surface area contributed by atoms with Crippen LogP contribution in [0, 0.1) is 0 Å². The molecule has 0 saturated carbocycles. The van der Waals surface area contributed by atoms with Crippen LogP contribution in [0.1, 0.15) is 6.42 Å². The smallest absolute Gasteiger partial charge is 0.276 e. The zero-order valence-electron chi connectivity index (χ0n) is 10.2. The molecule has 100 valence electrons. The fourth-order valence-electron chi connectivity index (χ4n) is 1.69. The Kier molecular flexibility index (Phi) is 4.07. The van der Waals surface area contributed by atoms with Gasteiger partial charge in [-0.05, 0) is 12.1 Å². The predicted molar refractivity (Wildman–Crippen MR) is 68.6 cm³/mol. The summed E-state index contributed by atoms with van der Waals surface area (Å²) in [5.41, 5.74) is 0.823. The lowest BCUT2D eigenvalue weighted by molar-refractivity contribution is -0.0421. The van der Waals surface area contributed by atoms with Crippen molar-refractivity contribution in [3.63, 3.8) is 0 Å². The van der Waals surface area contributed by atoms with E-state index in [0.29, 0.717) is 24.3 Å². The molecule has 0 radical (unpaired) electrons. The van der Waals surface area contributed by atoms with Gasteiger partial charge in [0.15, 0.2) is 6.29 Å². The predicted octanol–water partition coefficient (Wildman–Crippen LogP) is 1.99. The van der Waals surface area contributed by atoms with E-state index >= 15 is 0 Å². The molecule has 0 N–H and O–H groups in total. The Bertz CT molecular complexity index is 514. The second-order valence-electron chi connectivity index (χ2n) is 3.92. The van der Waals surface area contributed by atoms with E-state index in [-0.39, 0.29) is 6.29 Å². The summed E-state index contributed by atoms with van der Waals surface area (Å²) in [7, 11) is 0. The molecule has 6 nitrogen and oxygen atoms in total. The number of thioether (sulfide) groups is 1. The summed E-state index contributed by atoms with van der Waals surface area (Å²) < 4.78 is 16.3. The molecule has 2 aromatic heterocycles. The second-order valence-corrected chi connectivity index (χ2v) is 4.97. The van der Waals surface area contributed by atoms with Crippen LogP contribution in [0.5, 0.6) is 0 Å². The number of hydrogen-bond acceptors (Lipinski definition) is 7. The average Bonchev–Trinajstić information content (AvgIpc) is 3.11. The highest BCUT2D eigenvalue weighted by Gasteiger charge is 2.16. The van der Waals surface area contributed by atoms with Crippen molar-refractivity contribution in [1.29, 1.82) is 0 Å². The fourth-order valence-corrected chi connectivity index (χ4v) is 2.41. The van der Waals surface area contributed by atoms with Gasteiger partial charge >= 0.3 is 0 Å². The Morgan fingerprint density at radius 3 is 2.95 bits per heavy atom. The third-order valence-electron chi connectivity index (χ3n) is 2.58. The summed E-state index contributed by atoms with van der Waals surface area (Å²) >= 11 is 1.50. The molecule has 0 aromatic carbocycles. The number of hydrogen-bond donors (Lipinski definition) is 0. The van der Waals surface area contributed by atoms with Crippen LogP contribution < -0.4 is 0 Å². The molecule has 1 saturated heterocycles. The van der Waals surface area contributed by atoms with E-state index in [0.717, 1.165) is 17.7 Å². The molecule has 0 aliphatic carbocycles. The van der Waals surface area contributed by atoms with E-state index in [2.05, 4.69) is 15.2 Å². The highest BCUT2D eigenvalue weighted by atomic mass is 32.2. The molecule has 2 aromatic rings. The van der Waals surface area contributed by atoms with Crippen molar-refractivity contribution in [2.24, 2.45) is 0 Å². The molecule has 0 spiro atoms. The van der Waals surface area contributed by atoms with Gasteiger partial charge in [0.25, 0.3) is 5.22 Å². The first-order chi connectivity index (χ1) is 9.42. The van der Waals surface area contributed by atoms with Crippen molar-refractivity contribution in [2.45, 2.75) is 17.9 Å². The molecule has 19 heavy (non-hydrogen) atoms. The topological polar surface area (TPSA) is 70.3 Å². The van der Waals surface area contributed by atoms with Gasteiger partial charge in [-0.25, -0.2) is 0 Å². The molecular formula is C12H13N3O3S. The lowest BCUT2D eigenvalue weighted by atomic mass is 10.3. The van der Waals surface area contributed by atoms with E-state index in [9.17, 15) is 0 Å². The molecule has 3 heterocycles. The number of pyridine rings is 1. The minimum Gasteiger partial charge on any atom is -0.411 e. The lowest BCUT2D eigenvalue weighted by Crippen LogP contribution is -2.08. The quantitative estimate of drug-likeness (QED) is 0.775. The second kappa shape index (κ2) is 6.14. The van der Waals surface area contributed by atoms with E-state index in [1.807, 2.05) is 12.1 Å². The van der Waals surface area contributed by atoms with Crippen LogP contribution in [0.15, 0.2) is 34.2 Å². The van der Waals surface area contributed by atoms with Gasteiger partial charge in [0.2, 0.25) is 5.89 Å². The Balaban J connectivity index is 1.53. The van der Waals surface area contributed by atoms with Crippen LogP contribution in [-0.2, 0) is 9.47 Å². The van der Waals surface area contributed by atoms with Gasteiger partial charge in [-0.15, -0.1) is 10.2 Å². The monoisotopic (exact) mass is 279 g/mol. The van der Waals surface area contributed by atoms with Crippen molar-refractivity contribution < 1.29 is 13.9 Å². The van der Waals surface area contributed by atoms with Gasteiger partial charge in [0.1, 0.15) is 0 Å². The minimum atomic E-state index is -0.0896. The largest absolute Gasteiger partial charge is 0.411 e. The first-order valence-electron chi connectivity index (χ1n) is 6.02. The Hall–Kier alpha value is -1.44. The summed E-state index contributed by atoms with van der Waals surface area (Å²) in [5.74, 6) is 1.31. The van der Waals surface area contributed by atoms with Crippen LogP contribution in [-0.4, -0.2) is 40.4 Å². The highest BCUT2D eigenvalue weighted by Crippen LogP contribution is 2.23. The SMILES string of the molecule is c1cncc(-c2nnc(SCCC3OCCO3)o2)c1. The minimum absolute atomic E-state index is 0.0896. The Labute approximate surface area is 114 Å². The number of aromatic nitrogens is 3. The van der Waals surface area contributed by atoms with E-state index in [1.54, 1.807) is 12.4 Å².